The van der Waals surface area contributed by atoms with Crippen molar-refractivity contribution in [1.82, 2.24) is 9.88 Å². The molecule has 6 nitrogen and oxygen atoms in total. The Labute approximate surface area is 154 Å². The van der Waals surface area contributed by atoms with Gasteiger partial charge in [-0.25, -0.2) is 0 Å². The highest BCUT2D eigenvalue weighted by atomic mass is 16.1. The van der Waals surface area contributed by atoms with Crippen LogP contribution in [0.1, 0.15) is 25.8 Å². The van der Waals surface area contributed by atoms with Gasteiger partial charge in [0.2, 0.25) is 5.91 Å². The monoisotopic (exact) mass is 351 g/mol. The van der Waals surface area contributed by atoms with Crippen LogP contribution in [-0.4, -0.2) is 48.0 Å². The number of piperidine rings is 1. The van der Waals surface area contributed by atoms with Crippen molar-refractivity contribution in [1.29, 1.82) is 5.26 Å². The fraction of sp³-hybridized carbons (Fsp3) is 0.450. The van der Waals surface area contributed by atoms with Gasteiger partial charge in [-0.05, 0) is 50.6 Å². The Morgan fingerprint density at radius 3 is 2.88 bits per heavy atom. The number of hydrogen-bond acceptors (Lipinski definition) is 5. The van der Waals surface area contributed by atoms with Crippen LogP contribution in [0.5, 0.6) is 0 Å². The van der Waals surface area contributed by atoms with Gasteiger partial charge in [0.25, 0.3) is 0 Å². The second-order valence-corrected chi connectivity index (χ2v) is 7.29. The average molecular weight is 351 g/mol. The van der Waals surface area contributed by atoms with E-state index < -0.39 is 0 Å². The van der Waals surface area contributed by atoms with E-state index in [0.29, 0.717) is 11.5 Å². The summed E-state index contributed by atoms with van der Waals surface area (Å²) < 4.78 is 0. The Hall–Kier alpha value is -2.65. The lowest BCUT2D eigenvalue weighted by Gasteiger charge is -2.43. The van der Waals surface area contributed by atoms with Gasteiger partial charge in [-0.15, -0.1) is 0 Å². The summed E-state index contributed by atoms with van der Waals surface area (Å²) in [6.07, 6.45) is 2.74. The van der Waals surface area contributed by atoms with E-state index in [1.165, 1.54) is 0 Å². The van der Waals surface area contributed by atoms with Crippen molar-refractivity contribution >= 4 is 22.5 Å². The standard InChI is InChI=1S/C20H25N5O/c1-13-9-16(24(3)14(2)20(22)26)12-25(11-13)18-7-6-15(10-21)19-17(18)5-4-8-23-19/h4-8,13-14,16H,9,11-12H2,1-3H3,(H2,22,26)/t13-,14-,16+/m0/s1. The molecule has 0 unspecified atom stereocenters. The molecule has 2 aromatic rings. The van der Waals surface area contributed by atoms with Gasteiger partial charge in [-0.2, -0.15) is 5.26 Å². The molecule has 1 amide bonds. The van der Waals surface area contributed by atoms with E-state index in [1.807, 2.05) is 38.2 Å². The first kappa shape index (κ1) is 18.2. The van der Waals surface area contributed by atoms with Gasteiger partial charge in [0.05, 0.1) is 17.1 Å². The zero-order valence-corrected chi connectivity index (χ0v) is 15.5. The maximum atomic E-state index is 11.6. The molecule has 136 valence electrons. The highest BCUT2D eigenvalue weighted by Crippen LogP contribution is 2.32. The number of anilines is 1. The SMILES string of the molecule is C[C@H]1C[C@@H](N(C)[C@@H](C)C(N)=O)CN(c2ccc(C#N)c3ncccc23)C1. The molecule has 3 atom stereocenters. The van der Waals surface area contributed by atoms with Crippen LogP contribution in [0, 0.1) is 17.2 Å². The van der Waals surface area contributed by atoms with Crippen molar-refractivity contribution in [3.63, 3.8) is 0 Å². The summed E-state index contributed by atoms with van der Waals surface area (Å²) in [5, 5.41) is 10.3. The topological polar surface area (TPSA) is 86.2 Å². The molecule has 0 aliphatic carbocycles. The molecular weight excluding hydrogens is 326 g/mol. The first-order chi connectivity index (χ1) is 12.4. The molecule has 1 aromatic carbocycles. The number of benzene rings is 1. The molecule has 6 heteroatoms. The largest absolute Gasteiger partial charge is 0.369 e. The fourth-order valence-corrected chi connectivity index (χ4v) is 3.85. The molecule has 1 aliphatic heterocycles. The summed E-state index contributed by atoms with van der Waals surface area (Å²) in [7, 11) is 1.97. The van der Waals surface area contributed by atoms with Crippen molar-refractivity contribution in [2.45, 2.75) is 32.4 Å². The minimum Gasteiger partial charge on any atom is -0.369 e. The van der Waals surface area contributed by atoms with Crippen molar-refractivity contribution in [2.75, 3.05) is 25.0 Å². The maximum Gasteiger partial charge on any atom is 0.234 e. The number of likely N-dealkylation sites (N-methyl/N-ethyl adjacent to an activating group) is 1. The second-order valence-electron chi connectivity index (χ2n) is 7.29. The third-order valence-corrected chi connectivity index (χ3v) is 5.44. The number of nitriles is 1. The van der Waals surface area contributed by atoms with E-state index in [0.717, 1.165) is 36.1 Å². The Morgan fingerprint density at radius 2 is 2.19 bits per heavy atom. The Balaban J connectivity index is 1.96. The van der Waals surface area contributed by atoms with E-state index in [4.69, 9.17) is 5.73 Å². The quantitative estimate of drug-likeness (QED) is 0.912. The van der Waals surface area contributed by atoms with Gasteiger partial charge in [-0.1, -0.05) is 6.92 Å². The van der Waals surface area contributed by atoms with E-state index >= 15 is 0 Å². The van der Waals surface area contributed by atoms with Gasteiger partial charge in [-0.3, -0.25) is 14.7 Å². The summed E-state index contributed by atoms with van der Waals surface area (Å²) in [6.45, 7) is 5.83. The normalized spacial score (nSPS) is 21.6. The molecular formula is C20H25N5O. The lowest BCUT2D eigenvalue weighted by Crippen LogP contribution is -2.54. The van der Waals surface area contributed by atoms with Crippen molar-refractivity contribution in [3.05, 3.63) is 36.0 Å². The molecule has 1 saturated heterocycles. The molecule has 1 aliphatic rings. The molecule has 2 N–H and O–H groups in total. The molecule has 0 saturated carbocycles. The lowest BCUT2D eigenvalue weighted by molar-refractivity contribution is -0.123. The number of aromatic nitrogens is 1. The number of primary amides is 1. The summed E-state index contributed by atoms with van der Waals surface area (Å²) in [4.78, 5) is 20.4. The predicted octanol–water partition coefficient (Wildman–Crippen LogP) is 2.13. The number of hydrogen-bond donors (Lipinski definition) is 1. The molecule has 26 heavy (non-hydrogen) atoms. The van der Waals surface area contributed by atoms with Crippen LogP contribution >= 0.6 is 0 Å². The van der Waals surface area contributed by atoms with E-state index in [-0.39, 0.29) is 18.0 Å². The molecule has 1 aromatic heterocycles. The molecule has 1 fully saturated rings. The Kier molecular flexibility index (Phi) is 5.10. The minimum atomic E-state index is -0.301. The fourth-order valence-electron chi connectivity index (χ4n) is 3.85. The highest BCUT2D eigenvalue weighted by molar-refractivity contribution is 5.95. The highest BCUT2D eigenvalue weighted by Gasteiger charge is 2.31. The van der Waals surface area contributed by atoms with Crippen LogP contribution in [0.4, 0.5) is 5.69 Å². The minimum absolute atomic E-state index is 0.239. The van der Waals surface area contributed by atoms with E-state index in [1.54, 1.807) is 6.20 Å². The molecule has 0 spiro atoms. The zero-order valence-electron chi connectivity index (χ0n) is 15.5. The number of nitrogens with zero attached hydrogens (tertiary/aromatic N) is 4. The van der Waals surface area contributed by atoms with Crippen LogP contribution in [0.2, 0.25) is 0 Å². The number of carbonyl (C=O) groups is 1. The third kappa shape index (κ3) is 3.35. The number of carbonyl (C=O) groups excluding carboxylic acids is 1. The Morgan fingerprint density at radius 1 is 1.42 bits per heavy atom. The van der Waals surface area contributed by atoms with E-state index in [9.17, 15) is 10.1 Å². The van der Waals surface area contributed by atoms with Gasteiger partial charge < -0.3 is 10.6 Å². The third-order valence-electron chi connectivity index (χ3n) is 5.44. The second kappa shape index (κ2) is 7.30. The smallest absolute Gasteiger partial charge is 0.234 e. The van der Waals surface area contributed by atoms with Crippen LogP contribution in [-0.2, 0) is 4.79 Å². The predicted molar refractivity (Wildman–Crippen MR) is 103 cm³/mol. The van der Waals surface area contributed by atoms with E-state index in [2.05, 4.69) is 27.8 Å². The first-order valence-corrected chi connectivity index (χ1v) is 8.96. The number of fused-ring (bicyclic) bond motifs is 1. The number of nitrogens with two attached hydrogens (primary N) is 1. The average Bonchev–Trinajstić information content (AvgIpc) is 2.65. The first-order valence-electron chi connectivity index (χ1n) is 8.96. The summed E-state index contributed by atoms with van der Waals surface area (Å²) in [5.74, 6) is 0.184. The van der Waals surface area contributed by atoms with Gasteiger partial charge in [0, 0.05) is 36.4 Å². The zero-order chi connectivity index (χ0) is 18.8. The van der Waals surface area contributed by atoms with Crippen LogP contribution in [0.3, 0.4) is 0 Å². The maximum absolute atomic E-state index is 11.6. The number of pyridine rings is 1. The molecule has 2 heterocycles. The van der Waals surface area contributed by atoms with Gasteiger partial charge >= 0.3 is 0 Å². The molecule has 0 bridgehead atoms. The molecule has 0 radical (unpaired) electrons. The summed E-state index contributed by atoms with van der Waals surface area (Å²) in [5.41, 5.74) is 7.91. The van der Waals surface area contributed by atoms with Crippen LogP contribution in [0.15, 0.2) is 30.5 Å². The van der Waals surface area contributed by atoms with Gasteiger partial charge in [0.15, 0.2) is 0 Å². The van der Waals surface area contributed by atoms with Crippen molar-refractivity contribution in [3.8, 4) is 6.07 Å². The van der Waals surface area contributed by atoms with Crippen LogP contribution < -0.4 is 10.6 Å². The lowest BCUT2D eigenvalue weighted by atomic mass is 9.93. The number of amides is 1. The van der Waals surface area contributed by atoms with Crippen LogP contribution in [0.25, 0.3) is 10.9 Å². The summed E-state index contributed by atoms with van der Waals surface area (Å²) in [6, 6.07) is 9.93. The van der Waals surface area contributed by atoms with Crippen molar-refractivity contribution in [2.24, 2.45) is 11.7 Å². The summed E-state index contributed by atoms with van der Waals surface area (Å²) >= 11 is 0. The number of rotatable bonds is 4. The molecule has 3 rings (SSSR count). The Bertz CT molecular complexity index is 859. The van der Waals surface area contributed by atoms with Gasteiger partial charge in [0.1, 0.15) is 6.07 Å². The van der Waals surface area contributed by atoms with Crippen molar-refractivity contribution < 1.29 is 4.79 Å².